The number of hydrogen-bond acceptors (Lipinski definition) is 0. The second-order valence-electron chi connectivity index (χ2n) is 6.43. The van der Waals surface area contributed by atoms with Gasteiger partial charge in [-0.1, -0.05) is 57.8 Å². The highest BCUT2D eigenvalue weighted by Gasteiger charge is 2.17. The van der Waals surface area contributed by atoms with Crippen LogP contribution in [0.3, 0.4) is 0 Å². The van der Waals surface area contributed by atoms with Crippen LogP contribution in [-0.2, 0) is 0 Å². The Kier molecular flexibility index (Phi) is 8.18. The molecular weight excluding hydrogens is 228 g/mol. The van der Waals surface area contributed by atoms with Gasteiger partial charge in [0, 0.05) is 0 Å². The molecule has 0 saturated heterocycles. The van der Waals surface area contributed by atoms with Crippen molar-refractivity contribution < 1.29 is 0 Å². The van der Waals surface area contributed by atoms with E-state index in [-0.39, 0.29) is 0 Å². The first-order valence-electron chi connectivity index (χ1n) is 8.51. The predicted molar refractivity (Wildman–Crippen MR) is 87.3 cm³/mol. The third-order valence-corrected chi connectivity index (χ3v) is 4.95. The maximum Gasteiger partial charge on any atom is -0.0239 e. The minimum Gasteiger partial charge on any atom is -0.103 e. The maximum atomic E-state index is 3.94. The molecule has 0 bridgehead atoms. The number of hydrogen-bond donors (Lipinski definition) is 0. The number of rotatable bonds is 11. The van der Waals surface area contributed by atoms with Crippen LogP contribution in [0.4, 0.5) is 0 Å². The number of unbranched alkanes of at least 4 members (excludes halogenated alkanes) is 1. The molecule has 3 atom stereocenters. The van der Waals surface area contributed by atoms with Crippen LogP contribution in [0.5, 0.6) is 0 Å². The molecule has 0 aliphatic heterocycles. The van der Waals surface area contributed by atoms with Crippen LogP contribution < -0.4 is 0 Å². The highest BCUT2D eigenvalue weighted by Crippen LogP contribution is 2.32. The molecule has 0 aromatic heterocycles. The average Bonchev–Trinajstić information content (AvgIpc) is 3.25. The Morgan fingerprint density at radius 3 is 2.32 bits per heavy atom. The van der Waals surface area contributed by atoms with Crippen molar-refractivity contribution in [2.45, 2.75) is 78.6 Å². The summed E-state index contributed by atoms with van der Waals surface area (Å²) in [5.74, 6) is 2.55. The van der Waals surface area contributed by atoms with Crippen molar-refractivity contribution in [2.24, 2.45) is 17.8 Å². The van der Waals surface area contributed by atoms with Crippen LogP contribution >= 0.6 is 0 Å². The Morgan fingerprint density at radius 1 is 1.11 bits per heavy atom. The molecule has 0 radical (unpaired) electrons. The van der Waals surface area contributed by atoms with Gasteiger partial charge < -0.3 is 0 Å². The molecular formula is C19H34. The van der Waals surface area contributed by atoms with Crippen molar-refractivity contribution in [2.75, 3.05) is 0 Å². The molecule has 110 valence electrons. The second kappa shape index (κ2) is 9.39. The van der Waals surface area contributed by atoms with E-state index in [4.69, 9.17) is 0 Å². The zero-order valence-electron chi connectivity index (χ0n) is 13.5. The molecule has 1 fully saturated rings. The summed E-state index contributed by atoms with van der Waals surface area (Å²) in [4.78, 5) is 0. The van der Waals surface area contributed by atoms with Crippen molar-refractivity contribution in [1.29, 1.82) is 0 Å². The lowest BCUT2D eigenvalue weighted by molar-refractivity contribution is 0.316. The molecule has 1 aliphatic rings. The van der Waals surface area contributed by atoms with Gasteiger partial charge in [0.1, 0.15) is 0 Å². The summed E-state index contributed by atoms with van der Waals surface area (Å²) in [5.41, 5.74) is 1.71. The summed E-state index contributed by atoms with van der Waals surface area (Å²) in [5, 5.41) is 0. The molecule has 0 nitrogen and oxygen atoms in total. The molecule has 1 aliphatic carbocycles. The fraction of sp³-hybridized carbons (Fsp3) is 0.789. The van der Waals surface area contributed by atoms with Gasteiger partial charge in [0.15, 0.2) is 0 Å². The normalized spacial score (nSPS) is 18.8. The smallest absolute Gasteiger partial charge is 0.0239 e. The van der Waals surface area contributed by atoms with E-state index in [0.717, 1.165) is 17.8 Å². The fourth-order valence-corrected chi connectivity index (χ4v) is 2.86. The van der Waals surface area contributed by atoms with Gasteiger partial charge in [0.2, 0.25) is 0 Å². The molecule has 1 rings (SSSR count). The maximum absolute atomic E-state index is 3.94. The van der Waals surface area contributed by atoms with E-state index in [1.54, 1.807) is 5.57 Å². The third-order valence-electron chi connectivity index (χ3n) is 4.95. The van der Waals surface area contributed by atoms with Crippen molar-refractivity contribution in [3.05, 3.63) is 24.3 Å². The van der Waals surface area contributed by atoms with E-state index in [2.05, 4.69) is 39.5 Å². The standard InChI is InChI=1S/C19H34/c1-5-16(4)19(15-14-18-12-13-18)11-9-8-10-17(6-2)7-3/h6,14,16-17,19H,2,5,7-13,15H2,1,3-4H3. The molecule has 0 N–H and O–H groups in total. The Morgan fingerprint density at radius 2 is 1.79 bits per heavy atom. The zero-order chi connectivity index (χ0) is 14.1. The minimum atomic E-state index is 0.746. The van der Waals surface area contributed by atoms with Crippen LogP contribution in [0.15, 0.2) is 24.3 Å². The predicted octanol–water partition coefficient (Wildman–Crippen LogP) is 6.53. The quantitative estimate of drug-likeness (QED) is 0.293. The van der Waals surface area contributed by atoms with Crippen molar-refractivity contribution in [1.82, 2.24) is 0 Å². The lowest BCUT2D eigenvalue weighted by atomic mass is 9.84. The molecule has 0 aromatic carbocycles. The van der Waals surface area contributed by atoms with Crippen molar-refractivity contribution in [3.8, 4) is 0 Å². The Labute approximate surface area is 121 Å². The largest absolute Gasteiger partial charge is 0.103 e. The van der Waals surface area contributed by atoms with E-state index < -0.39 is 0 Å². The highest BCUT2D eigenvalue weighted by molar-refractivity contribution is 5.16. The Hall–Kier alpha value is -0.520. The Balaban J connectivity index is 2.23. The Bertz CT molecular complexity index is 268. The summed E-state index contributed by atoms with van der Waals surface area (Å²) in [7, 11) is 0. The first-order chi connectivity index (χ1) is 9.21. The zero-order valence-corrected chi connectivity index (χ0v) is 13.5. The van der Waals surface area contributed by atoms with Crippen LogP contribution in [0.25, 0.3) is 0 Å². The highest BCUT2D eigenvalue weighted by atomic mass is 14.2. The molecule has 19 heavy (non-hydrogen) atoms. The third kappa shape index (κ3) is 6.99. The van der Waals surface area contributed by atoms with E-state index in [9.17, 15) is 0 Å². The summed E-state index contributed by atoms with van der Waals surface area (Å²) in [6, 6.07) is 0. The monoisotopic (exact) mass is 262 g/mol. The van der Waals surface area contributed by atoms with Gasteiger partial charge in [-0.15, -0.1) is 6.58 Å². The number of allylic oxidation sites excluding steroid dienone is 3. The van der Waals surface area contributed by atoms with Gasteiger partial charge in [-0.05, 0) is 56.3 Å². The molecule has 3 unspecified atom stereocenters. The topological polar surface area (TPSA) is 0 Å². The van der Waals surface area contributed by atoms with E-state index in [1.807, 2.05) is 0 Å². The molecule has 0 aromatic rings. The first kappa shape index (κ1) is 16.5. The fourth-order valence-electron chi connectivity index (χ4n) is 2.86. The average molecular weight is 262 g/mol. The van der Waals surface area contributed by atoms with Crippen LogP contribution in [0, 0.1) is 17.8 Å². The lowest BCUT2D eigenvalue weighted by Gasteiger charge is -2.22. The summed E-state index contributed by atoms with van der Waals surface area (Å²) in [6.07, 6.45) is 16.9. The van der Waals surface area contributed by atoms with Gasteiger partial charge in [-0.3, -0.25) is 0 Å². The van der Waals surface area contributed by atoms with Gasteiger partial charge in [0.25, 0.3) is 0 Å². The van der Waals surface area contributed by atoms with E-state index in [1.165, 1.54) is 57.8 Å². The molecule has 1 saturated carbocycles. The van der Waals surface area contributed by atoms with Crippen LogP contribution in [-0.4, -0.2) is 0 Å². The molecule has 0 spiro atoms. The first-order valence-corrected chi connectivity index (χ1v) is 8.51. The van der Waals surface area contributed by atoms with Crippen LogP contribution in [0.2, 0.25) is 0 Å². The molecule has 0 heterocycles. The van der Waals surface area contributed by atoms with Gasteiger partial charge >= 0.3 is 0 Å². The summed E-state index contributed by atoms with van der Waals surface area (Å²) in [6.45, 7) is 11.0. The van der Waals surface area contributed by atoms with Gasteiger partial charge in [0.05, 0.1) is 0 Å². The molecule has 0 amide bonds. The van der Waals surface area contributed by atoms with Gasteiger partial charge in [-0.2, -0.15) is 0 Å². The van der Waals surface area contributed by atoms with Crippen LogP contribution in [0.1, 0.15) is 78.6 Å². The van der Waals surface area contributed by atoms with Crippen molar-refractivity contribution >= 4 is 0 Å². The summed E-state index contributed by atoms with van der Waals surface area (Å²) < 4.78 is 0. The SMILES string of the molecule is C=CC(CC)CCCCC(CC=C1CC1)C(C)CC. The summed E-state index contributed by atoms with van der Waals surface area (Å²) >= 11 is 0. The van der Waals surface area contributed by atoms with E-state index >= 15 is 0 Å². The molecule has 0 heteroatoms. The lowest BCUT2D eigenvalue weighted by Crippen LogP contribution is -2.10. The van der Waals surface area contributed by atoms with Crippen molar-refractivity contribution in [3.63, 3.8) is 0 Å². The van der Waals surface area contributed by atoms with Gasteiger partial charge in [-0.25, -0.2) is 0 Å². The minimum absolute atomic E-state index is 0.746. The second-order valence-corrected chi connectivity index (χ2v) is 6.43. The van der Waals surface area contributed by atoms with E-state index in [0.29, 0.717) is 0 Å².